The second-order valence-electron chi connectivity index (χ2n) is 5.44. The number of hydrogen-bond donors (Lipinski definition) is 2. The van der Waals surface area contributed by atoms with Crippen molar-refractivity contribution in [3.05, 3.63) is 52.6 Å². The van der Waals surface area contributed by atoms with Crippen molar-refractivity contribution in [2.45, 2.75) is 11.1 Å². The van der Waals surface area contributed by atoms with Crippen LogP contribution in [-0.4, -0.2) is 26.1 Å². The van der Waals surface area contributed by atoms with Gasteiger partial charge in [0.25, 0.3) is 0 Å². The van der Waals surface area contributed by atoms with E-state index in [1.54, 1.807) is 6.07 Å². The molecule has 0 aliphatic heterocycles. The minimum absolute atomic E-state index is 0.0713. The van der Waals surface area contributed by atoms with E-state index in [2.05, 4.69) is 26.1 Å². The van der Waals surface area contributed by atoms with Gasteiger partial charge in [-0.3, -0.25) is 5.10 Å². The number of nitrogens with zero attached hydrogens (tertiary/aromatic N) is 1. The van der Waals surface area contributed by atoms with Crippen LogP contribution in [0.2, 0.25) is 0 Å². The monoisotopic (exact) mass is 460 g/mol. The van der Waals surface area contributed by atoms with Crippen molar-refractivity contribution in [1.29, 1.82) is 0 Å². The summed E-state index contributed by atoms with van der Waals surface area (Å²) in [6.45, 7) is 0. The van der Waals surface area contributed by atoms with Crippen LogP contribution in [0.4, 0.5) is 13.2 Å². The first-order valence-electron chi connectivity index (χ1n) is 7.43. The molecule has 3 aromatic rings. The summed E-state index contributed by atoms with van der Waals surface area (Å²) in [5.41, 5.74) is -0.418. The quantitative estimate of drug-likeness (QED) is 0.530. The molecule has 0 aliphatic carbocycles. The topological polar surface area (TPSA) is 75.2 Å². The first kappa shape index (κ1) is 19.6. The van der Waals surface area contributed by atoms with Gasteiger partial charge in [0.15, 0.2) is 11.1 Å². The maximum atomic E-state index is 13.5. The van der Waals surface area contributed by atoms with Crippen LogP contribution in [-0.2, 0) is 17.3 Å². The second kappa shape index (κ2) is 7.45. The normalized spacial score (nSPS) is 12.8. The third-order valence-electron chi connectivity index (χ3n) is 3.82. The van der Waals surface area contributed by atoms with Crippen LogP contribution >= 0.6 is 15.9 Å². The fourth-order valence-electron chi connectivity index (χ4n) is 2.58. The van der Waals surface area contributed by atoms with Crippen molar-refractivity contribution in [2.75, 3.05) is 7.11 Å². The predicted octanol–water partition coefficient (Wildman–Crippen LogP) is 5.11. The first-order chi connectivity index (χ1) is 12.7. The molecule has 1 unspecified atom stereocenters. The summed E-state index contributed by atoms with van der Waals surface area (Å²) in [5.74, 6) is 0.374. The summed E-state index contributed by atoms with van der Waals surface area (Å²) >= 11 is 1.09. The van der Waals surface area contributed by atoms with Gasteiger partial charge in [0.05, 0.1) is 16.5 Å². The Kier molecular flexibility index (Phi) is 5.41. The number of alkyl halides is 3. The van der Waals surface area contributed by atoms with E-state index >= 15 is 0 Å². The van der Waals surface area contributed by atoms with Gasteiger partial charge in [-0.25, -0.2) is 4.21 Å². The second-order valence-corrected chi connectivity index (χ2v) is 7.27. The average molecular weight is 461 g/mol. The Morgan fingerprint density at radius 2 is 1.78 bits per heavy atom. The molecule has 0 saturated carbocycles. The van der Waals surface area contributed by atoms with Crippen LogP contribution in [0.15, 0.2) is 51.8 Å². The minimum atomic E-state index is -4.65. The van der Waals surface area contributed by atoms with E-state index in [1.807, 2.05) is 0 Å². The van der Waals surface area contributed by atoms with Crippen LogP contribution in [0, 0.1) is 0 Å². The highest BCUT2D eigenvalue weighted by molar-refractivity contribution is 9.10. The Balaban J connectivity index is 2.22. The van der Waals surface area contributed by atoms with E-state index < -0.39 is 23.0 Å². The first-order valence-corrected chi connectivity index (χ1v) is 9.33. The molecule has 0 saturated heterocycles. The summed E-state index contributed by atoms with van der Waals surface area (Å²) in [6, 6.07) is 10.2. The summed E-state index contributed by atoms with van der Waals surface area (Å²) in [6.07, 6.45) is -4.65. The standard InChI is InChI=1S/C17H12BrF3N2O3S/c1-26-13-8-10(4-7-12(13)18)14-15(22-23-16(14)17(19,20)21)9-2-5-11(6-3-9)27(24)25/h2-8H,1H3,(H,22,23)(H,24,25). The SMILES string of the molecule is COc1cc(-c2c(-c3ccc(S(=O)O)cc3)n[nH]c2C(F)(F)F)ccc1Br. The molecule has 1 aromatic heterocycles. The van der Waals surface area contributed by atoms with Gasteiger partial charge in [-0.05, 0) is 45.8 Å². The Morgan fingerprint density at radius 3 is 2.33 bits per heavy atom. The van der Waals surface area contributed by atoms with Gasteiger partial charge in [-0.2, -0.15) is 18.3 Å². The third-order valence-corrected chi connectivity index (χ3v) is 5.15. The molecule has 27 heavy (non-hydrogen) atoms. The largest absolute Gasteiger partial charge is 0.496 e. The molecule has 0 fully saturated rings. The van der Waals surface area contributed by atoms with Gasteiger partial charge in [0.2, 0.25) is 0 Å². The van der Waals surface area contributed by atoms with E-state index in [-0.39, 0.29) is 21.7 Å². The highest BCUT2D eigenvalue weighted by atomic mass is 79.9. The number of halogens is 4. The molecule has 2 N–H and O–H groups in total. The lowest BCUT2D eigenvalue weighted by molar-refractivity contribution is -0.140. The highest BCUT2D eigenvalue weighted by Crippen LogP contribution is 2.42. The number of aromatic amines is 1. The fraction of sp³-hybridized carbons (Fsp3) is 0.118. The Bertz CT molecular complexity index is 1000. The molecule has 0 aliphatic rings. The zero-order chi connectivity index (χ0) is 19.8. The van der Waals surface area contributed by atoms with E-state index in [0.717, 1.165) is 0 Å². The van der Waals surface area contributed by atoms with Crippen LogP contribution in [0.25, 0.3) is 22.4 Å². The number of hydrogen-bond acceptors (Lipinski definition) is 3. The number of benzene rings is 2. The van der Waals surface area contributed by atoms with Gasteiger partial charge in [-0.1, -0.05) is 18.2 Å². The molecule has 142 valence electrons. The lowest BCUT2D eigenvalue weighted by Crippen LogP contribution is -2.07. The molecular formula is C17H12BrF3N2O3S. The molecule has 0 bridgehead atoms. The number of aromatic nitrogens is 2. The summed E-state index contributed by atoms with van der Waals surface area (Å²) < 4.78 is 66.5. The van der Waals surface area contributed by atoms with Crippen LogP contribution in [0.1, 0.15) is 5.69 Å². The minimum Gasteiger partial charge on any atom is -0.496 e. The molecule has 3 rings (SSSR count). The zero-order valence-electron chi connectivity index (χ0n) is 13.7. The van der Waals surface area contributed by atoms with E-state index in [9.17, 15) is 17.4 Å². The summed E-state index contributed by atoms with van der Waals surface area (Å²) in [7, 11) is 1.42. The molecule has 1 heterocycles. The van der Waals surface area contributed by atoms with Gasteiger partial charge in [-0.15, -0.1) is 0 Å². The van der Waals surface area contributed by atoms with Crippen molar-refractivity contribution in [3.8, 4) is 28.1 Å². The summed E-state index contributed by atoms with van der Waals surface area (Å²) in [5, 5.41) is 5.91. The number of methoxy groups -OCH3 is 1. The Morgan fingerprint density at radius 1 is 1.15 bits per heavy atom. The number of nitrogens with one attached hydrogen (secondary N) is 1. The lowest BCUT2D eigenvalue weighted by Gasteiger charge is -2.11. The van der Waals surface area contributed by atoms with Gasteiger partial charge in [0, 0.05) is 11.1 Å². The summed E-state index contributed by atoms with van der Waals surface area (Å²) in [4.78, 5) is 0.136. The Labute approximate surface area is 163 Å². The molecule has 0 spiro atoms. The van der Waals surface area contributed by atoms with Gasteiger partial charge in [0.1, 0.15) is 17.1 Å². The average Bonchev–Trinajstić information content (AvgIpc) is 3.07. The molecule has 0 radical (unpaired) electrons. The maximum Gasteiger partial charge on any atom is 0.433 e. The molecule has 0 amide bonds. The molecular weight excluding hydrogens is 449 g/mol. The Hall–Kier alpha value is -2.17. The van der Waals surface area contributed by atoms with Crippen molar-refractivity contribution in [3.63, 3.8) is 0 Å². The molecule has 2 aromatic carbocycles. The van der Waals surface area contributed by atoms with Crippen LogP contribution in [0.5, 0.6) is 5.75 Å². The third kappa shape index (κ3) is 3.92. The van der Waals surface area contributed by atoms with Gasteiger partial charge < -0.3 is 9.29 Å². The van der Waals surface area contributed by atoms with Crippen molar-refractivity contribution in [2.24, 2.45) is 0 Å². The number of H-pyrrole nitrogens is 1. The fourth-order valence-corrected chi connectivity index (χ4v) is 3.36. The van der Waals surface area contributed by atoms with Gasteiger partial charge >= 0.3 is 6.18 Å². The van der Waals surface area contributed by atoms with Crippen LogP contribution < -0.4 is 4.74 Å². The van der Waals surface area contributed by atoms with E-state index in [4.69, 9.17) is 9.29 Å². The molecule has 5 nitrogen and oxygen atoms in total. The zero-order valence-corrected chi connectivity index (χ0v) is 16.1. The smallest absolute Gasteiger partial charge is 0.433 e. The molecule has 1 atom stereocenters. The van der Waals surface area contributed by atoms with Crippen molar-refractivity contribution < 1.29 is 26.7 Å². The lowest BCUT2D eigenvalue weighted by atomic mass is 9.98. The van der Waals surface area contributed by atoms with Crippen molar-refractivity contribution >= 4 is 27.0 Å². The van der Waals surface area contributed by atoms with Crippen LogP contribution in [0.3, 0.4) is 0 Å². The molecule has 10 heteroatoms. The van der Waals surface area contributed by atoms with E-state index in [0.29, 0.717) is 15.8 Å². The number of rotatable bonds is 4. The van der Waals surface area contributed by atoms with Crippen molar-refractivity contribution in [1.82, 2.24) is 10.2 Å². The maximum absolute atomic E-state index is 13.5. The predicted molar refractivity (Wildman–Crippen MR) is 97.8 cm³/mol. The number of ether oxygens (including phenoxy) is 1. The van der Waals surface area contributed by atoms with E-state index in [1.165, 1.54) is 43.5 Å². The highest BCUT2D eigenvalue weighted by Gasteiger charge is 2.38.